The molecule has 1 nitrogen and oxygen atoms in total. The van der Waals surface area contributed by atoms with Crippen LogP contribution in [0.2, 0.25) is 0 Å². The lowest BCUT2D eigenvalue weighted by atomic mass is 9.83. The zero-order valence-corrected chi connectivity index (χ0v) is 7.99. The maximum Gasteiger partial charge on any atom is 0.116 e. The summed E-state index contributed by atoms with van der Waals surface area (Å²) in [7, 11) is 0. The molecule has 0 radical (unpaired) electrons. The predicted molar refractivity (Wildman–Crippen MR) is 53.9 cm³/mol. The second-order valence-electron chi connectivity index (χ2n) is 4.50. The van der Waals surface area contributed by atoms with Gasteiger partial charge in [-0.3, -0.25) is 0 Å². The van der Waals surface area contributed by atoms with Crippen molar-refractivity contribution in [2.45, 2.75) is 31.0 Å². The number of fused-ring (bicyclic) bond motifs is 3. The summed E-state index contributed by atoms with van der Waals surface area (Å²) < 4.78 is 6.16. The van der Waals surface area contributed by atoms with Crippen LogP contribution < -0.4 is 0 Å². The summed E-state index contributed by atoms with van der Waals surface area (Å²) in [5, 5.41) is 0. The second kappa shape index (κ2) is 2.12. The largest absolute Gasteiger partial charge is 0.354 e. The molecule has 0 N–H and O–H groups in total. The Balaban J connectivity index is 2.04. The molecule has 70 valence electrons. The van der Waals surface area contributed by atoms with Crippen molar-refractivity contribution in [1.29, 1.82) is 0 Å². The first kappa shape index (κ1) is 7.24. The van der Waals surface area contributed by atoms with E-state index in [1.807, 2.05) is 0 Å². The summed E-state index contributed by atoms with van der Waals surface area (Å²) in [6.45, 7) is 0. The van der Waals surface area contributed by atoms with Crippen LogP contribution >= 0.6 is 0 Å². The molecule has 2 aliphatic heterocycles. The standard InChI is InChI=1S/C13H12O/c1-2-6-11-10(5-1)12-8-9-4-3-7-13(9,11)14-12/h1-2,5-6,8,12H,3-4,7H2. The van der Waals surface area contributed by atoms with Gasteiger partial charge in [-0.15, -0.1) is 0 Å². The van der Waals surface area contributed by atoms with Gasteiger partial charge in [0.25, 0.3) is 0 Å². The van der Waals surface area contributed by atoms with E-state index < -0.39 is 0 Å². The van der Waals surface area contributed by atoms with Crippen LogP contribution in [0.5, 0.6) is 0 Å². The first-order chi connectivity index (χ1) is 6.90. The quantitative estimate of drug-likeness (QED) is 0.563. The topological polar surface area (TPSA) is 9.23 Å². The Bertz CT molecular complexity index is 446. The Morgan fingerprint density at radius 3 is 3.21 bits per heavy atom. The Morgan fingerprint density at radius 1 is 1.29 bits per heavy atom. The third-order valence-electron chi connectivity index (χ3n) is 3.88. The van der Waals surface area contributed by atoms with E-state index in [2.05, 4.69) is 30.3 Å². The van der Waals surface area contributed by atoms with Crippen LogP contribution in [-0.2, 0) is 10.3 Å². The van der Waals surface area contributed by atoms with Crippen molar-refractivity contribution in [3.63, 3.8) is 0 Å². The van der Waals surface area contributed by atoms with Crippen molar-refractivity contribution in [3.8, 4) is 0 Å². The summed E-state index contributed by atoms with van der Waals surface area (Å²) in [6, 6.07) is 8.70. The predicted octanol–water partition coefficient (Wildman–Crippen LogP) is 3.08. The number of rotatable bonds is 0. The molecule has 2 heterocycles. The monoisotopic (exact) mass is 184 g/mol. The SMILES string of the molecule is C1=C2CCCC23OC1c1ccccc13. The van der Waals surface area contributed by atoms with Gasteiger partial charge in [-0.05, 0) is 42.0 Å². The molecule has 2 atom stereocenters. The van der Waals surface area contributed by atoms with Crippen LogP contribution in [0.25, 0.3) is 0 Å². The van der Waals surface area contributed by atoms with Crippen LogP contribution in [-0.4, -0.2) is 0 Å². The van der Waals surface area contributed by atoms with Gasteiger partial charge in [0.15, 0.2) is 0 Å². The van der Waals surface area contributed by atoms with Crippen molar-refractivity contribution in [2.75, 3.05) is 0 Å². The zero-order valence-electron chi connectivity index (χ0n) is 7.99. The molecule has 1 aromatic rings. The molecule has 1 heteroatoms. The Labute approximate surface area is 83.4 Å². The highest BCUT2D eigenvalue weighted by Crippen LogP contribution is 2.60. The molecule has 1 fully saturated rings. The van der Waals surface area contributed by atoms with Gasteiger partial charge in [0.1, 0.15) is 11.7 Å². The summed E-state index contributed by atoms with van der Waals surface area (Å²) in [4.78, 5) is 0. The van der Waals surface area contributed by atoms with E-state index in [0.29, 0.717) is 0 Å². The van der Waals surface area contributed by atoms with Gasteiger partial charge in [0.05, 0.1) is 0 Å². The van der Waals surface area contributed by atoms with Gasteiger partial charge >= 0.3 is 0 Å². The molecule has 1 saturated carbocycles. The minimum atomic E-state index is 0.0151. The second-order valence-corrected chi connectivity index (χ2v) is 4.50. The Kier molecular flexibility index (Phi) is 1.09. The third kappa shape index (κ3) is 0.612. The summed E-state index contributed by atoms with van der Waals surface area (Å²) in [5.41, 5.74) is 4.40. The minimum Gasteiger partial charge on any atom is -0.354 e. The van der Waals surface area contributed by atoms with Crippen molar-refractivity contribution in [3.05, 3.63) is 47.0 Å². The van der Waals surface area contributed by atoms with E-state index in [1.54, 1.807) is 5.57 Å². The van der Waals surface area contributed by atoms with Gasteiger partial charge in [-0.25, -0.2) is 0 Å². The maximum atomic E-state index is 6.16. The van der Waals surface area contributed by atoms with E-state index in [-0.39, 0.29) is 11.7 Å². The zero-order chi connectivity index (χ0) is 9.17. The molecular formula is C13H12O. The number of hydrogen-bond donors (Lipinski definition) is 0. The van der Waals surface area contributed by atoms with Crippen molar-refractivity contribution >= 4 is 0 Å². The smallest absolute Gasteiger partial charge is 0.116 e. The molecule has 2 bridgehead atoms. The van der Waals surface area contributed by atoms with Crippen molar-refractivity contribution in [2.24, 2.45) is 0 Å². The summed E-state index contributed by atoms with van der Waals surface area (Å²) >= 11 is 0. The molecule has 1 aromatic carbocycles. The molecule has 2 unspecified atom stereocenters. The van der Waals surface area contributed by atoms with Gasteiger partial charge in [-0.1, -0.05) is 24.3 Å². The van der Waals surface area contributed by atoms with Crippen molar-refractivity contribution in [1.82, 2.24) is 0 Å². The third-order valence-corrected chi connectivity index (χ3v) is 3.88. The minimum absolute atomic E-state index is 0.0151. The molecule has 1 aliphatic carbocycles. The van der Waals surface area contributed by atoms with E-state index >= 15 is 0 Å². The number of ether oxygens (including phenoxy) is 1. The fourth-order valence-electron chi connectivity index (χ4n) is 3.31. The van der Waals surface area contributed by atoms with E-state index in [9.17, 15) is 0 Å². The molecule has 3 aliphatic rings. The van der Waals surface area contributed by atoms with Crippen LogP contribution in [0.4, 0.5) is 0 Å². The van der Waals surface area contributed by atoms with Gasteiger partial charge in [0, 0.05) is 0 Å². The lowest BCUT2D eigenvalue weighted by molar-refractivity contribution is -0.00573. The van der Waals surface area contributed by atoms with Gasteiger partial charge in [0.2, 0.25) is 0 Å². The number of hydrogen-bond acceptors (Lipinski definition) is 1. The average Bonchev–Trinajstić information content (AvgIpc) is 2.82. The van der Waals surface area contributed by atoms with Crippen LogP contribution in [0, 0.1) is 0 Å². The normalized spacial score (nSPS) is 36.9. The highest BCUT2D eigenvalue weighted by Gasteiger charge is 2.53. The van der Waals surface area contributed by atoms with E-state index in [0.717, 1.165) is 0 Å². The maximum absolute atomic E-state index is 6.16. The lowest BCUT2D eigenvalue weighted by Gasteiger charge is -2.23. The molecular weight excluding hydrogens is 172 g/mol. The van der Waals surface area contributed by atoms with E-state index in [1.165, 1.54) is 30.4 Å². The Morgan fingerprint density at radius 2 is 2.21 bits per heavy atom. The van der Waals surface area contributed by atoms with Crippen LogP contribution in [0.15, 0.2) is 35.9 Å². The molecule has 4 rings (SSSR count). The highest BCUT2D eigenvalue weighted by molar-refractivity contribution is 5.52. The van der Waals surface area contributed by atoms with Gasteiger partial charge < -0.3 is 4.74 Å². The highest BCUT2D eigenvalue weighted by atomic mass is 16.5. The summed E-state index contributed by atoms with van der Waals surface area (Å²) in [5.74, 6) is 0. The average molecular weight is 184 g/mol. The first-order valence-electron chi connectivity index (χ1n) is 5.38. The molecule has 0 amide bonds. The molecule has 1 spiro atoms. The fourth-order valence-corrected chi connectivity index (χ4v) is 3.31. The van der Waals surface area contributed by atoms with Crippen LogP contribution in [0.3, 0.4) is 0 Å². The molecule has 0 aromatic heterocycles. The van der Waals surface area contributed by atoms with Gasteiger partial charge in [-0.2, -0.15) is 0 Å². The summed E-state index contributed by atoms with van der Waals surface area (Å²) in [6.07, 6.45) is 6.32. The number of benzene rings is 1. The van der Waals surface area contributed by atoms with E-state index in [4.69, 9.17) is 4.74 Å². The van der Waals surface area contributed by atoms with Crippen molar-refractivity contribution < 1.29 is 4.74 Å². The Hall–Kier alpha value is -1.08. The lowest BCUT2D eigenvalue weighted by Crippen LogP contribution is -2.20. The molecule has 0 saturated heterocycles. The fraction of sp³-hybridized carbons (Fsp3) is 0.385. The van der Waals surface area contributed by atoms with Crippen LogP contribution in [0.1, 0.15) is 36.5 Å². The first-order valence-corrected chi connectivity index (χ1v) is 5.38. The molecule has 14 heavy (non-hydrogen) atoms.